The molecule has 50 heavy (non-hydrogen) atoms. The third-order valence-electron chi connectivity index (χ3n) is 11.1. The number of hydrogen-bond donors (Lipinski definition) is 0. The normalized spacial score (nSPS) is 15.3. The van der Waals surface area contributed by atoms with Crippen molar-refractivity contribution in [1.29, 1.82) is 0 Å². The smallest absolute Gasteiger partial charge is 0.0749 e. The lowest BCUT2D eigenvalue weighted by atomic mass is 9.67. The second-order valence-electron chi connectivity index (χ2n) is 13.5. The molecular weight excluding hydrogens is 605 g/mol. The monoisotopic (exact) mass is 634 g/mol. The molecule has 1 aliphatic rings. The Bertz CT molecular complexity index is 2900. The number of rotatable bonds is 3. The van der Waals surface area contributed by atoms with E-state index < -0.39 is 5.41 Å². The van der Waals surface area contributed by atoms with Gasteiger partial charge in [-0.3, -0.25) is 4.98 Å². The highest BCUT2D eigenvalue weighted by atomic mass is 15.0. The summed E-state index contributed by atoms with van der Waals surface area (Å²) in [6.45, 7) is 0. The van der Waals surface area contributed by atoms with Crippen LogP contribution >= 0.6 is 0 Å². The predicted octanol–water partition coefficient (Wildman–Crippen LogP) is 12.0. The fraction of sp³-hybridized carbons (Fsp3) is 0.0208. The molecule has 2 aromatic heterocycles. The van der Waals surface area contributed by atoms with Crippen molar-refractivity contribution in [3.05, 3.63) is 205 Å². The molecule has 2 heteroatoms. The first-order valence-corrected chi connectivity index (χ1v) is 17.3. The number of aromatic nitrogens is 2. The van der Waals surface area contributed by atoms with Crippen molar-refractivity contribution in [2.45, 2.75) is 5.41 Å². The van der Waals surface area contributed by atoms with Crippen LogP contribution in [0.3, 0.4) is 0 Å². The maximum atomic E-state index is 4.73. The van der Waals surface area contributed by atoms with Crippen molar-refractivity contribution >= 4 is 54.1 Å². The van der Waals surface area contributed by atoms with Crippen LogP contribution in [0.5, 0.6) is 0 Å². The van der Waals surface area contributed by atoms with E-state index in [-0.39, 0.29) is 0 Å². The summed E-state index contributed by atoms with van der Waals surface area (Å²) in [5.41, 5.74) is 10.5. The lowest BCUT2D eigenvalue weighted by Crippen LogP contribution is -2.29. The molecule has 0 saturated carbocycles. The van der Waals surface area contributed by atoms with Crippen LogP contribution in [0.4, 0.5) is 0 Å². The van der Waals surface area contributed by atoms with Crippen molar-refractivity contribution in [3.8, 4) is 16.8 Å². The van der Waals surface area contributed by atoms with Crippen LogP contribution in [0, 0.1) is 0 Å². The number of para-hydroxylation sites is 1. The maximum Gasteiger partial charge on any atom is 0.0749 e. The second kappa shape index (κ2) is 10.2. The topological polar surface area (TPSA) is 17.8 Å². The van der Waals surface area contributed by atoms with E-state index in [1.807, 2.05) is 6.20 Å². The zero-order valence-corrected chi connectivity index (χ0v) is 27.2. The molecule has 8 aromatic carbocycles. The van der Waals surface area contributed by atoms with E-state index in [0.29, 0.717) is 0 Å². The van der Waals surface area contributed by atoms with Crippen molar-refractivity contribution in [1.82, 2.24) is 9.55 Å². The molecule has 2 nitrogen and oxygen atoms in total. The Hall–Kier alpha value is -6.51. The van der Waals surface area contributed by atoms with Crippen molar-refractivity contribution in [3.63, 3.8) is 0 Å². The van der Waals surface area contributed by atoms with Gasteiger partial charge in [-0.25, -0.2) is 0 Å². The first kappa shape index (κ1) is 27.4. The quantitative estimate of drug-likeness (QED) is 0.177. The van der Waals surface area contributed by atoms with Crippen molar-refractivity contribution in [2.24, 2.45) is 0 Å². The molecule has 232 valence electrons. The van der Waals surface area contributed by atoms with E-state index in [9.17, 15) is 0 Å². The van der Waals surface area contributed by atoms with Crippen LogP contribution in [0.2, 0.25) is 0 Å². The molecule has 1 unspecified atom stereocenters. The highest BCUT2D eigenvalue weighted by Gasteiger charge is 2.48. The highest BCUT2D eigenvalue weighted by molar-refractivity contribution is 6.25. The minimum absolute atomic E-state index is 0.577. The summed E-state index contributed by atoms with van der Waals surface area (Å²) in [6.07, 6.45) is 3.95. The fourth-order valence-corrected chi connectivity index (χ4v) is 9.18. The van der Waals surface area contributed by atoms with Gasteiger partial charge in [-0.05, 0) is 84.4 Å². The molecule has 0 aliphatic heterocycles. The van der Waals surface area contributed by atoms with Crippen LogP contribution < -0.4 is 0 Å². The zero-order chi connectivity index (χ0) is 32.8. The molecule has 0 spiro atoms. The van der Waals surface area contributed by atoms with Crippen LogP contribution in [0.25, 0.3) is 70.9 Å². The van der Waals surface area contributed by atoms with Gasteiger partial charge in [0.25, 0.3) is 0 Å². The van der Waals surface area contributed by atoms with Gasteiger partial charge in [0.05, 0.1) is 16.4 Å². The van der Waals surface area contributed by atoms with Gasteiger partial charge in [-0.1, -0.05) is 146 Å². The predicted molar refractivity (Wildman–Crippen MR) is 208 cm³/mol. The van der Waals surface area contributed by atoms with Gasteiger partial charge in [0, 0.05) is 34.4 Å². The summed E-state index contributed by atoms with van der Waals surface area (Å²) in [5, 5.41) is 10.2. The molecule has 0 N–H and O–H groups in total. The van der Waals surface area contributed by atoms with Gasteiger partial charge in [-0.2, -0.15) is 0 Å². The first-order valence-electron chi connectivity index (χ1n) is 17.3. The minimum Gasteiger partial charge on any atom is -0.309 e. The number of pyridine rings is 1. The van der Waals surface area contributed by atoms with Crippen LogP contribution in [-0.2, 0) is 5.41 Å². The van der Waals surface area contributed by atoms with Gasteiger partial charge >= 0.3 is 0 Å². The molecule has 0 bridgehead atoms. The zero-order valence-electron chi connectivity index (χ0n) is 27.2. The summed E-state index contributed by atoms with van der Waals surface area (Å²) < 4.78 is 2.53. The number of fused-ring (bicyclic) bond motifs is 13. The fourth-order valence-electron chi connectivity index (χ4n) is 9.18. The Morgan fingerprint density at radius 3 is 1.76 bits per heavy atom. The van der Waals surface area contributed by atoms with E-state index >= 15 is 0 Å². The second-order valence-corrected chi connectivity index (χ2v) is 13.5. The molecule has 1 aliphatic carbocycles. The van der Waals surface area contributed by atoms with Gasteiger partial charge in [-0.15, -0.1) is 0 Å². The van der Waals surface area contributed by atoms with E-state index in [1.165, 1.54) is 81.9 Å². The van der Waals surface area contributed by atoms with Gasteiger partial charge in [0.1, 0.15) is 0 Å². The Labute approximate surface area is 289 Å². The summed E-state index contributed by atoms with van der Waals surface area (Å²) in [4.78, 5) is 4.73. The molecule has 0 fully saturated rings. The van der Waals surface area contributed by atoms with Gasteiger partial charge in [0.2, 0.25) is 0 Å². The summed E-state index contributed by atoms with van der Waals surface area (Å²) in [7, 11) is 0. The number of hydrogen-bond acceptors (Lipinski definition) is 1. The third-order valence-corrected chi connectivity index (χ3v) is 11.1. The summed E-state index contributed by atoms with van der Waals surface area (Å²) >= 11 is 0. The maximum absolute atomic E-state index is 4.73. The molecule has 11 rings (SSSR count). The Morgan fingerprint density at radius 2 is 1.02 bits per heavy atom. The molecule has 2 heterocycles. The molecule has 0 amide bonds. The summed E-state index contributed by atoms with van der Waals surface area (Å²) in [6, 6.07) is 62.7. The SMILES string of the molecule is c1ccc(C2(c3cccnc3)c3ccccc3-c3ccc4c5ccccc5n(-c5ccc6c7ccccc7c7ccccc7c6c5)c4c32)cc1. The molecule has 1 atom stereocenters. The van der Waals surface area contributed by atoms with Crippen LogP contribution in [0.15, 0.2) is 182 Å². The van der Waals surface area contributed by atoms with Gasteiger partial charge < -0.3 is 4.57 Å². The first-order chi connectivity index (χ1) is 24.8. The van der Waals surface area contributed by atoms with Gasteiger partial charge in [0.15, 0.2) is 0 Å². The lowest BCUT2D eigenvalue weighted by molar-refractivity contribution is 0.766. The van der Waals surface area contributed by atoms with E-state index in [1.54, 1.807) is 0 Å². The van der Waals surface area contributed by atoms with Crippen LogP contribution in [0.1, 0.15) is 22.3 Å². The molecule has 10 aromatic rings. The number of benzene rings is 8. The standard InChI is InChI=1S/C48H30N2/c1-2-13-31(14-3-1)48(32-15-12-28-49-30-32)44-22-10-8-20-39(44)41-26-27-42-40-21-9-11-23-45(40)50(47(42)46(41)48)33-24-25-38-36-18-5-4-16-34(36)35-17-6-7-19-37(35)43(38)29-33/h1-30H. The molecular formula is C48H30N2. The van der Waals surface area contributed by atoms with E-state index in [4.69, 9.17) is 4.98 Å². The lowest BCUT2D eigenvalue weighted by Gasteiger charge is -2.34. The van der Waals surface area contributed by atoms with Crippen molar-refractivity contribution < 1.29 is 0 Å². The minimum atomic E-state index is -0.577. The largest absolute Gasteiger partial charge is 0.309 e. The third kappa shape index (κ3) is 3.50. The Morgan fingerprint density at radius 1 is 0.420 bits per heavy atom. The molecule has 0 radical (unpaired) electrons. The average molecular weight is 635 g/mol. The summed E-state index contributed by atoms with van der Waals surface area (Å²) in [5.74, 6) is 0. The Kier molecular flexibility index (Phi) is 5.62. The molecule has 0 saturated heterocycles. The number of nitrogens with zero attached hydrogens (tertiary/aromatic N) is 2. The van der Waals surface area contributed by atoms with Crippen LogP contribution in [-0.4, -0.2) is 9.55 Å². The van der Waals surface area contributed by atoms with E-state index in [2.05, 4.69) is 181 Å². The van der Waals surface area contributed by atoms with Crippen molar-refractivity contribution in [2.75, 3.05) is 0 Å². The van der Waals surface area contributed by atoms with E-state index in [0.717, 1.165) is 11.3 Å². The Balaban J connectivity index is 1.35. The average Bonchev–Trinajstić information content (AvgIpc) is 3.70. The highest BCUT2D eigenvalue weighted by Crippen LogP contribution is 2.59.